The predicted octanol–water partition coefficient (Wildman–Crippen LogP) is 3.20. The molecule has 1 N–H and O–H groups in total. The standard InChI is InChI=1S/C19H23N3O/c1-15-8-9-19-20-17(14-22(19)12-15)13-21(2)18(10-11-23)16-6-4-3-5-7-16/h3-9,12,14,18,23H,10-11,13H2,1-2H3. The van der Waals surface area contributed by atoms with E-state index >= 15 is 0 Å². The van der Waals surface area contributed by atoms with Gasteiger partial charge in [-0.1, -0.05) is 36.4 Å². The molecule has 23 heavy (non-hydrogen) atoms. The minimum absolute atomic E-state index is 0.175. The number of nitrogens with zero attached hydrogens (tertiary/aromatic N) is 3. The monoisotopic (exact) mass is 309 g/mol. The second-order valence-corrected chi connectivity index (χ2v) is 6.06. The van der Waals surface area contributed by atoms with Crippen LogP contribution in [0.5, 0.6) is 0 Å². The Bertz CT molecular complexity index is 767. The molecule has 1 aromatic carbocycles. The molecule has 2 heterocycles. The summed E-state index contributed by atoms with van der Waals surface area (Å²) in [5.74, 6) is 0. The summed E-state index contributed by atoms with van der Waals surface area (Å²) in [5.41, 5.74) is 4.45. The molecule has 3 rings (SSSR count). The smallest absolute Gasteiger partial charge is 0.137 e. The van der Waals surface area contributed by atoms with Crippen molar-refractivity contribution in [2.75, 3.05) is 13.7 Å². The van der Waals surface area contributed by atoms with E-state index in [4.69, 9.17) is 0 Å². The minimum Gasteiger partial charge on any atom is -0.396 e. The zero-order chi connectivity index (χ0) is 16.2. The van der Waals surface area contributed by atoms with Crippen molar-refractivity contribution < 1.29 is 5.11 Å². The second kappa shape index (κ2) is 6.94. The van der Waals surface area contributed by atoms with E-state index in [-0.39, 0.29) is 12.6 Å². The lowest BCUT2D eigenvalue weighted by molar-refractivity contribution is 0.179. The van der Waals surface area contributed by atoms with Crippen LogP contribution in [0.3, 0.4) is 0 Å². The zero-order valence-electron chi connectivity index (χ0n) is 13.7. The molecule has 4 nitrogen and oxygen atoms in total. The summed E-state index contributed by atoms with van der Waals surface area (Å²) in [6.45, 7) is 3.01. The molecule has 1 unspecified atom stereocenters. The number of pyridine rings is 1. The Hall–Kier alpha value is -2.17. The Morgan fingerprint density at radius 3 is 2.65 bits per heavy atom. The highest BCUT2D eigenvalue weighted by Gasteiger charge is 2.17. The molecule has 0 fully saturated rings. The number of aliphatic hydroxyl groups excluding tert-OH is 1. The maximum atomic E-state index is 9.41. The van der Waals surface area contributed by atoms with Crippen LogP contribution in [0.1, 0.15) is 29.3 Å². The van der Waals surface area contributed by atoms with Crippen molar-refractivity contribution in [1.82, 2.24) is 14.3 Å². The third kappa shape index (κ3) is 3.60. The van der Waals surface area contributed by atoms with Gasteiger partial charge in [0.2, 0.25) is 0 Å². The summed E-state index contributed by atoms with van der Waals surface area (Å²) >= 11 is 0. The van der Waals surface area contributed by atoms with E-state index in [1.807, 2.05) is 24.3 Å². The molecule has 120 valence electrons. The Labute approximate surface area is 137 Å². The van der Waals surface area contributed by atoms with Crippen LogP contribution in [0.25, 0.3) is 5.65 Å². The molecule has 3 aromatic rings. The van der Waals surface area contributed by atoms with Gasteiger partial charge < -0.3 is 9.51 Å². The van der Waals surface area contributed by atoms with E-state index in [1.165, 1.54) is 11.1 Å². The van der Waals surface area contributed by atoms with Gasteiger partial charge in [-0.15, -0.1) is 0 Å². The molecule has 2 aromatic heterocycles. The summed E-state index contributed by atoms with van der Waals surface area (Å²) in [6.07, 6.45) is 4.89. The Morgan fingerprint density at radius 1 is 1.13 bits per heavy atom. The van der Waals surface area contributed by atoms with Gasteiger partial charge in [-0.2, -0.15) is 0 Å². The van der Waals surface area contributed by atoms with Crippen LogP contribution >= 0.6 is 0 Å². The second-order valence-electron chi connectivity index (χ2n) is 6.06. The fourth-order valence-electron chi connectivity index (χ4n) is 3.04. The molecule has 4 heteroatoms. The molecular weight excluding hydrogens is 286 g/mol. The quantitative estimate of drug-likeness (QED) is 0.760. The van der Waals surface area contributed by atoms with Crippen LogP contribution < -0.4 is 0 Å². The molecule has 0 bridgehead atoms. The largest absolute Gasteiger partial charge is 0.396 e. The van der Waals surface area contributed by atoms with Crippen LogP contribution in [0.15, 0.2) is 54.9 Å². The number of aliphatic hydroxyl groups is 1. The number of imidazole rings is 1. The van der Waals surface area contributed by atoms with E-state index in [1.54, 1.807) is 0 Å². The molecular formula is C19H23N3O. The molecule has 0 saturated heterocycles. The first-order chi connectivity index (χ1) is 11.2. The molecule has 0 aliphatic carbocycles. The molecule has 1 atom stereocenters. The lowest BCUT2D eigenvalue weighted by Crippen LogP contribution is -2.25. The third-order valence-electron chi connectivity index (χ3n) is 4.18. The average molecular weight is 309 g/mol. The summed E-state index contributed by atoms with van der Waals surface area (Å²) in [4.78, 5) is 6.94. The van der Waals surface area contributed by atoms with Crippen molar-refractivity contribution in [2.45, 2.75) is 25.9 Å². The average Bonchev–Trinajstić information content (AvgIpc) is 2.94. The van der Waals surface area contributed by atoms with Crippen LogP contribution in [0.2, 0.25) is 0 Å². The highest BCUT2D eigenvalue weighted by Crippen LogP contribution is 2.24. The maximum Gasteiger partial charge on any atom is 0.137 e. The molecule has 0 aliphatic rings. The van der Waals surface area contributed by atoms with E-state index in [0.29, 0.717) is 6.42 Å². The minimum atomic E-state index is 0.175. The topological polar surface area (TPSA) is 40.8 Å². The van der Waals surface area contributed by atoms with Gasteiger partial charge >= 0.3 is 0 Å². The van der Waals surface area contributed by atoms with Crippen LogP contribution in [-0.4, -0.2) is 33.0 Å². The zero-order valence-corrected chi connectivity index (χ0v) is 13.7. The lowest BCUT2D eigenvalue weighted by atomic mass is 10.0. The number of fused-ring (bicyclic) bond motifs is 1. The first kappa shape index (κ1) is 15.7. The SMILES string of the molecule is Cc1ccc2nc(CN(C)C(CCO)c3ccccc3)cn2c1. The Balaban J connectivity index is 1.81. The summed E-state index contributed by atoms with van der Waals surface area (Å²) < 4.78 is 2.07. The number of rotatable bonds is 6. The molecule has 0 radical (unpaired) electrons. The normalized spacial score (nSPS) is 12.9. The van der Waals surface area contributed by atoms with Crippen LogP contribution in [0.4, 0.5) is 0 Å². The lowest BCUT2D eigenvalue weighted by Gasteiger charge is -2.27. The number of benzene rings is 1. The fraction of sp³-hybridized carbons (Fsp3) is 0.316. The van der Waals surface area contributed by atoms with Gasteiger partial charge in [-0.25, -0.2) is 4.98 Å². The van der Waals surface area contributed by atoms with Crippen molar-refractivity contribution in [3.05, 3.63) is 71.7 Å². The van der Waals surface area contributed by atoms with E-state index in [2.05, 4.69) is 58.8 Å². The number of hydrogen-bond acceptors (Lipinski definition) is 3. The first-order valence-corrected chi connectivity index (χ1v) is 7.97. The molecule has 0 amide bonds. The highest BCUT2D eigenvalue weighted by molar-refractivity contribution is 5.41. The maximum absolute atomic E-state index is 9.41. The number of aromatic nitrogens is 2. The fourth-order valence-corrected chi connectivity index (χ4v) is 3.04. The van der Waals surface area contributed by atoms with Gasteiger partial charge in [0.1, 0.15) is 5.65 Å². The predicted molar refractivity (Wildman–Crippen MR) is 92.3 cm³/mol. The van der Waals surface area contributed by atoms with Gasteiger partial charge in [0.25, 0.3) is 0 Å². The van der Waals surface area contributed by atoms with Gasteiger partial charge in [-0.3, -0.25) is 4.90 Å². The summed E-state index contributed by atoms with van der Waals surface area (Å²) in [7, 11) is 2.09. The number of aryl methyl sites for hydroxylation is 1. The third-order valence-corrected chi connectivity index (χ3v) is 4.18. The highest BCUT2D eigenvalue weighted by atomic mass is 16.3. The van der Waals surface area contributed by atoms with Crippen molar-refractivity contribution in [2.24, 2.45) is 0 Å². The van der Waals surface area contributed by atoms with Crippen molar-refractivity contribution in [3.63, 3.8) is 0 Å². The summed E-state index contributed by atoms with van der Waals surface area (Å²) in [6, 6.07) is 14.6. The Morgan fingerprint density at radius 2 is 1.91 bits per heavy atom. The first-order valence-electron chi connectivity index (χ1n) is 7.97. The van der Waals surface area contributed by atoms with Crippen LogP contribution in [-0.2, 0) is 6.54 Å². The van der Waals surface area contributed by atoms with Crippen molar-refractivity contribution in [3.8, 4) is 0 Å². The number of hydrogen-bond donors (Lipinski definition) is 1. The van der Waals surface area contributed by atoms with Gasteiger partial charge in [0, 0.05) is 31.6 Å². The van der Waals surface area contributed by atoms with Crippen molar-refractivity contribution >= 4 is 5.65 Å². The van der Waals surface area contributed by atoms with Gasteiger partial charge in [0.15, 0.2) is 0 Å². The van der Waals surface area contributed by atoms with E-state index < -0.39 is 0 Å². The van der Waals surface area contributed by atoms with Gasteiger partial charge in [-0.05, 0) is 37.6 Å². The summed E-state index contributed by atoms with van der Waals surface area (Å²) in [5, 5.41) is 9.41. The van der Waals surface area contributed by atoms with E-state index in [0.717, 1.165) is 17.9 Å². The Kier molecular flexibility index (Phi) is 4.74. The van der Waals surface area contributed by atoms with Crippen molar-refractivity contribution in [1.29, 1.82) is 0 Å². The van der Waals surface area contributed by atoms with Gasteiger partial charge in [0.05, 0.1) is 5.69 Å². The van der Waals surface area contributed by atoms with Crippen LogP contribution in [0, 0.1) is 6.92 Å². The molecule has 0 saturated carbocycles. The molecule has 0 spiro atoms. The van der Waals surface area contributed by atoms with E-state index in [9.17, 15) is 5.11 Å². The molecule has 0 aliphatic heterocycles.